The van der Waals surface area contributed by atoms with Crippen LogP contribution in [0.4, 0.5) is 5.69 Å². The lowest BCUT2D eigenvalue weighted by Crippen LogP contribution is -2.54. The smallest absolute Gasteiger partial charge is 0.254 e. The van der Waals surface area contributed by atoms with Crippen molar-refractivity contribution in [1.29, 1.82) is 0 Å². The summed E-state index contributed by atoms with van der Waals surface area (Å²) in [5.41, 5.74) is 6.40. The van der Waals surface area contributed by atoms with Gasteiger partial charge in [0.1, 0.15) is 0 Å². The van der Waals surface area contributed by atoms with Crippen molar-refractivity contribution >= 4 is 17.5 Å². The number of carbonyl (C=O) groups excluding carboxylic acids is 2. The molecule has 6 nitrogen and oxygen atoms in total. The van der Waals surface area contributed by atoms with Crippen molar-refractivity contribution in [3.8, 4) is 22.6 Å². The van der Waals surface area contributed by atoms with Crippen LogP contribution in [0, 0.1) is 5.92 Å². The maximum absolute atomic E-state index is 12.7. The summed E-state index contributed by atoms with van der Waals surface area (Å²) in [6.45, 7) is 0.999. The zero-order valence-electron chi connectivity index (χ0n) is 16.8. The van der Waals surface area contributed by atoms with Crippen LogP contribution in [0.5, 0.6) is 11.5 Å². The average molecular weight is 412 g/mol. The fourth-order valence-electron chi connectivity index (χ4n) is 4.49. The molecular weight excluding hydrogens is 392 g/mol. The molecule has 0 atom stereocenters. The van der Waals surface area contributed by atoms with Gasteiger partial charge in [-0.2, -0.15) is 0 Å². The molecule has 2 aliphatic heterocycles. The zero-order chi connectivity index (χ0) is 20.9. The van der Waals surface area contributed by atoms with E-state index in [0.717, 1.165) is 12.1 Å². The van der Waals surface area contributed by atoms with Gasteiger partial charge < -0.3 is 19.7 Å². The molecule has 154 valence electrons. The molecule has 3 aliphatic rings. The minimum absolute atomic E-state index is 0.0507. The topological polar surface area (TPSA) is 67.9 Å². The van der Waals surface area contributed by atoms with Gasteiger partial charge in [0.2, 0.25) is 12.7 Å². The van der Waals surface area contributed by atoms with Gasteiger partial charge in [-0.15, -0.1) is 0 Å². The number of rotatable bonds is 3. The molecule has 0 radical (unpaired) electrons. The second kappa shape index (κ2) is 6.87. The Bertz CT molecular complexity index is 1230. The molecule has 0 bridgehead atoms. The number of hydrogen-bond acceptors (Lipinski definition) is 4. The standard InChI is InChI=1S/C25H20N2O4/c28-24(26-19-6-7-21-17(10-19)9-15-3-1-2-4-20(15)21)18-12-27(13-18)25(29)16-5-8-22-23(11-16)31-14-30-22/h1-8,10-11,18H,9,12-14H2,(H,26,28). The molecule has 2 amide bonds. The summed E-state index contributed by atoms with van der Waals surface area (Å²) in [5.74, 6) is 0.875. The van der Waals surface area contributed by atoms with Gasteiger partial charge in [-0.3, -0.25) is 9.59 Å². The van der Waals surface area contributed by atoms with Gasteiger partial charge in [-0.25, -0.2) is 0 Å². The molecule has 0 saturated carbocycles. The van der Waals surface area contributed by atoms with E-state index in [9.17, 15) is 9.59 Å². The van der Waals surface area contributed by atoms with Gasteiger partial charge in [0.05, 0.1) is 5.92 Å². The van der Waals surface area contributed by atoms with E-state index in [2.05, 4.69) is 41.7 Å². The number of amides is 2. The molecule has 1 fully saturated rings. The predicted molar refractivity (Wildman–Crippen MR) is 115 cm³/mol. The SMILES string of the molecule is O=C(Nc1ccc2c(c1)Cc1ccccc1-2)C1CN(C(=O)c2ccc3c(c2)OCO3)C1. The Hall–Kier alpha value is -3.80. The molecule has 1 aliphatic carbocycles. The maximum Gasteiger partial charge on any atom is 0.254 e. The van der Waals surface area contributed by atoms with Crippen molar-refractivity contribution in [1.82, 2.24) is 4.90 Å². The predicted octanol–water partition coefficient (Wildman–Crippen LogP) is 3.70. The van der Waals surface area contributed by atoms with Crippen LogP contribution in [0.15, 0.2) is 60.7 Å². The largest absolute Gasteiger partial charge is 0.454 e. The Morgan fingerprint density at radius 2 is 1.68 bits per heavy atom. The van der Waals surface area contributed by atoms with E-state index in [1.807, 2.05) is 6.07 Å². The number of hydrogen-bond donors (Lipinski definition) is 1. The molecule has 0 spiro atoms. The Morgan fingerprint density at radius 1 is 0.871 bits per heavy atom. The van der Waals surface area contributed by atoms with Crippen LogP contribution in [0.1, 0.15) is 21.5 Å². The van der Waals surface area contributed by atoms with Crippen LogP contribution < -0.4 is 14.8 Å². The third-order valence-electron chi connectivity index (χ3n) is 6.22. The van der Waals surface area contributed by atoms with Gasteiger partial charge in [-0.05, 0) is 59.0 Å². The lowest BCUT2D eigenvalue weighted by Gasteiger charge is -2.38. The van der Waals surface area contributed by atoms with Crippen LogP contribution in [0.2, 0.25) is 0 Å². The fourth-order valence-corrected chi connectivity index (χ4v) is 4.49. The van der Waals surface area contributed by atoms with Crippen molar-refractivity contribution in [2.24, 2.45) is 5.92 Å². The van der Waals surface area contributed by atoms with Gasteiger partial charge in [0.15, 0.2) is 11.5 Å². The molecule has 6 rings (SSSR count). The molecule has 0 aromatic heterocycles. The molecular formula is C25H20N2O4. The number of ether oxygens (including phenoxy) is 2. The first-order valence-electron chi connectivity index (χ1n) is 10.4. The highest BCUT2D eigenvalue weighted by Gasteiger charge is 2.36. The molecule has 1 N–H and O–H groups in total. The Morgan fingerprint density at radius 3 is 2.58 bits per heavy atom. The summed E-state index contributed by atoms with van der Waals surface area (Å²) in [4.78, 5) is 27.1. The van der Waals surface area contributed by atoms with Gasteiger partial charge >= 0.3 is 0 Å². The summed E-state index contributed by atoms with van der Waals surface area (Å²) in [6, 6.07) is 19.6. The second-order valence-corrected chi connectivity index (χ2v) is 8.17. The fraction of sp³-hybridized carbons (Fsp3) is 0.200. The summed E-state index contributed by atoms with van der Waals surface area (Å²) in [5, 5.41) is 3.02. The van der Waals surface area contributed by atoms with Crippen LogP contribution in [-0.2, 0) is 11.2 Å². The second-order valence-electron chi connectivity index (χ2n) is 8.17. The van der Waals surface area contributed by atoms with Crippen LogP contribution >= 0.6 is 0 Å². The van der Waals surface area contributed by atoms with Crippen molar-refractivity contribution in [3.63, 3.8) is 0 Å². The molecule has 0 unspecified atom stereocenters. The number of fused-ring (bicyclic) bond motifs is 4. The number of benzene rings is 3. The number of anilines is 1. The first-order valence-corrected chi connectivity index (χ1v) is 10.4. The monoisotopic (exact) mass is 412 g/mol. The van der Waals surface area contributed by atoms with Gasteiger partial charge in [-0.1, -0.05) is 30.3 Å². The summed E-state index contributed by atoms with van der Waals surface area (Å²) < 4.78 is 10.6. The van der Waals surface area contributed by atoms with Gasteiger partial charge in [0, 0.05) is 24.3 Å². The Labute approximate surface area is 179 Å². The van der Waals surface area contributed by atoms with Crippen molar-refractivity contribution < 1.29 is 19.1 Å². The Kier molecular flexibility index (Phi) is 3.99. The summed E-state index contributed by atoms with van der Waals surface area (Å²) in [6.07, 6.45) is 0.885. The number of nitrogens with zero attached hydrogens (tertiary/aromatic N) is 1. The molecule has 31 heavy (non-hydrogen) atoms. The number of likely N-dealkylation sites (tertiary alicyclic amines) is 1. The van der Waals surface area contributed by atoms with E-state index in [1.54, 1.807) is 23.1 Å². The van der Waals surface area contributed by atoms with Gasteiger partial charge in [0.25, 0.3) is 5.91 Å². The van der Waals surface area contributed by atoms with Crippen molar-refractivity contribution in [2.75, 3.05) is 25.2 Å². The third-order valence-corrected chi connectivity index (χ3v) is 6.22. The van der Waals surface area contributed by atoms with Crippen LogP contribution in [0.3, 0.4) is 0 Å². The van der Waals surface area contributed by atoms with E-state index >= 15 is 0 Å². The summed E-state index contributed by atoms with van der Waals surface area (Å²) in [7, 11) is 0. The molecule has 2 heterocycles. The Balaban J connectivity index is 1.09. The van der Waals surface area contributed by atoms with Crippen LogP contribution in [0.25, 0.3) is 11.1 Å². The molecule has 6 heteroatoms. The zero-order valence-corrected chi connectivity index (χ0v) is 16.8. The minimum atomic E-state index is -0.205. The van der Waals surface area contributed by atoms with Crippen molar-refractivity contribution in [2.45, 2.75) is 6.42 Å². The highest BCUT2D eigenvalue weighted by Crippen LogP contribution is 2.38. The highest BCUT2D eigenvalue weighted by molar-refractivity contribution is 5.99. The molecule has 3 aromatic carbocycles. The van der Waals surface area contributed by atoms with E-state index < -0.39 is 0 Å². The lowest BCUT2D eigenvalue weighted by atomic mass is 9.97. The number of nitrogens with one attached hydrogen (secondary N) is 1. The molecule has 3 aromatic rings. The average Bonchev–Trinajstić information content (AvgIpc) is 3.35. The third kappa shape index (κ3) is 3.03. The van der Waals surface area contributed by atoms with Crippen LogP contribution in [-0.4, -0.2) is 36.6 Å². The quantitative estimate of drug-likeness (QED) is 0.557. The first-order chi connectivity index (χ1) is 15.2. The van der Waals surface area contributed by atoms with E-state index in [1.165, 1.54) is 22.3 Å². The molecule has 1 saturated heterocycles. The summed E-state index contributed by atoms with van der Waals surface area (Å²) >= 11 is 0. The lowest BCUT2D eigenvalue weighted by molar-refractivity contribution is -0.123. The highest BCUT2D eigenvalue weighted by atomic mass is 16.7. The normalized spacial score (nSPS) is 15.8. The number of carbonyl (C=O) groups is 2. The van der Waals surface area contributed by atoms with E-state index in [4.69, 9.17) is 9.47 Å². The van der Waals surface area contributed by atoms with Crippen molar-refractivity contribution in [3.05, 3.63) is 77.4 Å². The van der Waals surface area contributed by atoms with E-state index in [-0.39, 0.29) is 24.5 Å². The first kappa shape index (κ1) is 18.0. The van der Waals surface area contributed by atoms with E-state index in [0.29, 0.717) is 30.2 Å². The maximum atomic E-state index is 12.7. The minimum Gasteiger partial charge on any atom is -0.454 e.